The lowest BCUT2D eigenvalue weighted by Gasteiger charge is -2.20. The number of hydrogen-bond donors (Lipinski definition) is 0. The average Bonchev–Trinajstić information content (AvgIpc) is 3.09. The molecule has 0 amide bonds. The Kier molecular flexibility index (Phi) is 7.10. The summed E-state index contributed by atoms with van der Waals surface area (Å²) >= 11 is 2.72. The zero-order chi connectivity index (χ0) is 19.9. The molecule has 7 nitrogen and oxygen atoms in total. The van der Waals surface area contributed by atoms with E-state index in [4.69, 9.17) is 18.0 Å². The van der Waals surface area contributed by atoms with Crippen LogP contribution in [0.25, 0.3) is 0 Å². The fourth-order valence-electron chi connectivity index (χ4n) is 2.72. The smallest absolute Gasteiger partial charge is 0.338 e. The van der Waals surface area contributed by atoms with E-state index in [1.807, 2.05) is 0 Å². The fourth-order valence-corrected chi connectivity index (χ4v) is 3.02. The number of halogens is 2. The van der Waals surface area contributed by atoms with Crippen molar-refractivity contribution in [2.45, 2.75) is 24.6 Å². The second kappa shape index (κ2) is 9.74. The van der Waals surface area contributed by atoms with E-state index in [9.17, 15) is 14.1 Å². The predicted molar refractivity (Wildman–Crippen MR) is 97.0 cm³/mol. The number of carbonyl (C=O) groups excluding carboxylic acids is 2. The monoisotopic (exact) mass is 454 g/mol. The molecule has 1 fully saturated rings. The van der Waals surface area contributed by atoms with Crippen LogP contribution in [0.2, 0.25) is 0 Å². The summed E-state index contributed by atoms with van der Waals surface area (Å²) in [4.78, 5) is 28.4. The summed E-state index contributed by atoms with van der Waals surface area (Å²) in [5.74, 6) is -1.30. The molecule has 9 heteroatoms. The van der Waals surface area contributed by atoms with Crippen molar-refractivity contribution in [1.29, 1.82) is 0 Å². The van der Waals surface area contributed by atoms with Crippen molar-refractivity contribution in [3.63, 3.8) is 0 Å². The maximum Gasteiger partial charge on any atom is 0.338 e. The molecule has 0 bridgehead atoms. The molecule has 4 atom stereocenters. The van der Waals surface area contributed by atoms with Crippen molar-refractivity contribution in [3.8, 4) is 0 Å². The fraction of sp³-hybridized carbons (Fsp3) is 0.263. The van der Waals surface area contributed by atoms with Gasteiger partial charge in [-0.1, -0.05) is 36.4 Å². The molecule has 2 aromatic rings. The Morgan fingerprint density at radius 1 is 0.929 bits per heavy atom. The van der Waals surface area contributed by atoms with Gasteiger partial charge in [0.05, 0.1) is 11.1 Å². The Morgan fingerprint density at radius 3 is 2.04 bits per heavy atom. The molecule has 1 aliphatic heterocycles. The number of carbonyl (C=O) groups is 2. The molecule has 1 saturated heterocycles. The van der Waals surface area contributed by atoms with E-state index < -0.39 is 36.5 Å². The zero-order valence-corrected chi connectivity index (χ0v) is 16.0. The van der Waals surface area contributed by atoms with Gasteiger partial charge in [0.15, 0.2) is 12.2 Å². The second-order valence-electron chi connectivity index (χ2n) is 5.89. The lowest BCUT2D eigenvalue weighted by Crippen LogP contribution is -2.39. The summed E-state index contributed by atoms with van der Waals surface area (Å²) in [6.07, 6.45) is -4.78. The van der Waals surface area contributed by atoms with Crippen molar-refractivity contribution in [1.82, 2.24) is 0 Å². The number of esters is 2. The van der Waals surface area contributed by atoms with E-state index in [1.54, 1.807) is 60.7 Å². The van der Waals surface area contributed by atoms with Gasteiger partial charge in [-0.3, -0.25) is 3.83 Å². The molecule has 2 aromatic carbocycles. The van der Waals surface area contributed by atoms with E-state index in [-0.39, 0.29) is 12.2 Å². The molecule has 0 unspecified atom stereocenters. The van der Waals surface area contributed by atoms with Crippen LogP contribution in [0.5, 0.6) is 0 Å². The summed E-state index contributed by atoms with van der Waals surface area (Å²) in [6, 6.07) is 16.5. The highest BCUT2D eigenvalue weighted by molar-refractivity contribution is 9.06. The predicted octanol–water partition coefficient (Wildman–Crippen LogP) is 3.39. The normalized spacial score (nSPS) is 23.9. The minimum atomic E-state index is -1.37. The summed E-state index contributed by atoms with van der Waals surface area (Å²) in [7, 11) is 0. The average molecular weight is 455 g/mol. The third kappa shape index (κ3) is 4.74. The Balaban J connectivity index is 1.70. The van der Waals surface area contributed by atoms with Crippen molar-refractivity contribution >= 4 is 28.2 Å². The summed E-state index contributed by atoms with van der Waals surface area (Å²) in [6.45, 7) is -0.298. The molecule has 0 radical (unpaired) electrons. The van der Waals surface area contributed by atoms with Gasteiger partial charge in [0, 0.05) is 0 Å². The Labute approximate surface area is 168 Å². The minimum absolute atomic E-state index is 0.267. The van der Waals surface area contributed by atoms with Crippen molar-refractivity contribution in [2.24, 2.45) is 0 Å². The molecule has 3 rings (SSSR count). The second-order valence-corrected chi connectivity index (χ2v) is 6.26. The van der Waals surface area contributed by atoms with Gasteiger partial charge in [0.25, 0.3) is 0 Å². The molecule has 0 aromatic heterocycles. The Bertz CT molecular complexity index is 789. The first-order valence-corrected chi connectivity index (χ1v) is 8.97. The van der Waals surface area contributed by atoms with Crippen LogP contribution in [-0.2, 0) is 23.0 Å². The van der Waals surface area contributed by atoms with E-state index in [0.29, 0.717) is 5.56 Å². The van der Waals surface area contributed by atoms with Crippen LogP contribution in [0.1, 0.15) is 20.7 Å². The maximum absolute atomic E-state index is 13.1. The SMILES string of the molecule is O=C(OC[C@@H]1O[C@@H](OBr)[C@H](OF)[C@H]1OC(=O)c1ccccc1)c1ccccc1. The lowest BCUT2D eigenvalue weighted by molar-refractivity contribution is -0.233. The largest absolute Gasteiger partial charge is 0.459 e. The maximum atomic E-state index is 13.1. The molecule has 1 heterocycles. The molecule has 0 N–H and O–H groups in total. The van der Waals surface area contributed by atoms with Crippen LogP contribution in [0, 0.1) is 0 Å². The molecule has 148 valence electrons. The van der Waals surface area contributed by atoms with Gasteiger partial charge in [-0.25, -0.2) is 9.59 Å². The van der Waals surface area contributed by atoms with Crippen LogP contribution in [0.3, 0.4) is 0 Å². The van der Waals surface area contributed by atoms with Gasteiger partial charge in [-0.15, -0.1) is 0 Å². The number of rotatable bonds is 7. The molecular weight excluding hydrogens is 439 g/mol. The summed E-state index contributed by atoms with van der Waals surface area (Å²) < 4.78 is 34.0. The van der Waals surface area contributed by atoms with E-state index in [2.05, 4.69) is 21.2 Å². The Hall–Kier alpha value is -2.33. The van der Waals surface area contributed by atoms with Crippen molar-refractivity contribution in [3.05, 3.63) is 71.8 Å². The van der Waals surface area contributed by atoms with Crippen LogP contribution in [0.4, 0.5) is 4.53 Å². The van der Waals surface area contributed by atoms with Crippen molar-refractivity contribution < 1.29 is 37.1 Å². The summed E-state index contributed by atoms with van der Waals surface area (Å²) in [5.41, 5.74) is 0.605. The molecule has 28 heavy (non-hydrogen) atoms. The number of benzene rings is 2. The standard InChI is InChI=1S/C19H16BrFO7/c20-27-19-16(28-21)15(26-18(23)13-9-5-2-6-10-13)14(25-19)11-24-17(22)12-7-3-1-4-8-12/h1-10,14-16,19H,11H2/t14-,15-,16+,19-/m0/s1. The molecule has 0 spiro atoms. The van der Waals surface area contributed by atoms with Crippen LogP contribution in [0.15, 0.2) is 60.7 Å². The van der Waals surface area contributed by atoms with E-state index in [1.165, 1.54) is 0 Å². The van der Waals surface area contributed by atoms with Crippen LogP contribution >= 0.6 is 16.3 Å². The highest BCUT2D eigenvalue weighted by atomic mass is 79.9. The van der Waals surface area contributed by atoms with Gasteiger partial charge in [0.2, 0.25) is 6.29 Å². The van der Waals surface area contributed by atoms with Gasteiger partial charge in [-0.05, 0) is 28.8 Å². The van der Waals surface area contributed by atoms with Gasteiger partial charge in [0.1, 0.15) is 29.0 Å². The Morgan fingerprint density at radius 2 is 1.50 bits per heavy atom. The van der Waals surface area contributed by atoms with Gasteiger partial charge in [-0.2, -0.15) is 4.94 Å². The topological polar surface area (TPSA) is 80.3 Å². The van der Waals surface area contributed by atoms with Crippen LogP contribution < -0.4 is 0 Å². The van der Waals surface area contributed by atoms with Gasteiger partial charge < -0.3 is 14.2 Å². The highest BCUT2D eigenvalue weighted by Crippen LogP contribution is 2.30. The molecule has 0 aliphatic carbocycles. The zero-order valence-electron chi connectivity index (χ0n) is 14.4. The third-order valence-electron chi connectivity index (χ3n) is 4.10. The van der Waals surface area contributed by atoms with Crippen LogP contribution in [-0.4, -0.2) is 43.1 Å². The quantitative estimate of drug-likeness (QED) is 0.593. The summed E-state index contributed by atoms with van der Waals surface area (Å²) in [5, 5.41) is 0. The van der Waals surface area contributed by atoms with E-state index >= 15 is 0 Å². The van der Waals surface area contributed by atoms with E-state index in [0.717, 1.165) is 0 Å². The first kappa shape index (κ1) is 20.4. The third-order valence-corrected chi connectivity index (χ3v) is 4.47. The minimum Gasteiger partial charge on any atom is -0.459 e. The van der Waals surface area contributed by atoms with Crippen molar-refractivity contribution in [2.75, 3.05) is 6.61 Å². The highest BCUT2D eigenvalue weighted by Gasteiger charge is 2.50. The number of hydrogen-bond acceptors (Lipinski definition) is 7. The first-order valence-electron chi connectivity index (χ1n) is 8.32. The molecule has 0 saturated carbocycles. The first-order chi connectivity index (χ1) is 13.6. The number of ether oxygens (including phenoxy) is 3. The molecule has 1 aliphatic rings. The van der Waals surface area contributed by atoms with Gasteiger partial charge >= 0.3 is 11.9 Å². The molecular formula is C19H16BrFO7. The lowest BCUT2D eigenvalue weighted by atomic mass is 10.1.